The molecular formula is C10H19NO4. The molecule has 0 aromatic rings. The van der Waals surface area contributed by atoms with Gasteiger partial charge in [-0.25, -0.2) is 0 Å². The zero-order valence-corrected chi connectivity index (χ0v) is 9.07. The summed E-state index contributed by atoms with van der Waals surface area (Å²) in [4.78, 5) is 11.5. The summed E-state index contributed by atoms with van der Waals surface area (Å²) >= 11 is 0. The smallest absolute Gasteiger partial charge is 0.249 e. The second kappa shape index (κ2) is 6.76. The number of rotatable bonds is 6. The fourth-order valence-corrected chi connectivity index (χ4v) is 1.52. The normalized spacial score (nSPS) is 25.5. The highest BCUT2D eigenvalue weighted by atomic mass is 16.5. The summed E-state index contributed by atoms with van der Waals surface area (Å²) in [5.41, 5.74) is 0. The second-order valence-electron chi connectivity index (χ2n) is 3.64. The number of hydrogen-bond donors (Lipinski definition) is 2. The molecule has 1 aliphatic rings. The van der Waals surface area contributed by atoms with Crippen LogP contribution < -0.4 is 5.32 Å². The van der Waals surface area contributed by atoms with E-state index in [1.807, 2.05) is 6.92 Å². The zero-order valence-electron chi connectivity index (χ0n) is 9.07. The minimum atomic E-state index is -0.294. The Morgan fingerprint density at radius 2 is 2.33 bits per heavy atom. The Kier molecular flexibility index (Phi) is 5.60. The first kappa shape index (κ1) is 12.4. The van der Waals surface area contributed by atoms with Crippen LogP contribution in [0, 0.1) is 0 Å². The zero-order chi connectivity index (χ0) is 11.1. The number of carbonyl (C=O) groups excluding carboxylic acids is 1. The van der Waals surface area contributed by atoms with Crippen molar-refractivity contribution >= 4 is 5.91 Å². The first-order valence-corrected chi connectivity index (χ1v) is 5.36. The van der Waals surface area contributed by atoms with E-state index in [0.717, 1.165) is 12.8 Å². The highest BCUT2D eigenvalue weighted by Crippen LogP contribution is 2.18. The van der Waals surface area contributed by atoms with Gasteiger partial charge >= 0.3 is 0 Å². The van der Waals surface area contributed by atoms with E-state index in [0.29, 0.717) is 19.8 Å². The van der Waals surface area contributed by atoms with Gasteiger partial charge in [-0.05, 0) is 19.8 Å². The van der Waals surface area contributed by atoms with Crippen molar-refractivity contribution in [2.45, 2.75) is 32.0 Å². The Morgan fingerprint density at radius 1 is 1.53 bits per heavy atom. The van der Waals surface area contributed by atoms with Crippen LogP contribution in [0.5, 0.6) is 0 Å². The highest BCUT2D eigenvalue weighted by molar-refractivity contribution is 5.80. The van der Waals surface area contributed by atoms with Gasteiger partial charge in [0.15, 0.2) is 0 Å². The number of amides is 1. The lowest BCUT2D eigenvalue weighted by atomic mass is 10.2. The second-order valence-corrected chi connectivity index (χ2v) is 3.64. The highest BCUT2D eigenvalue weighted by Gasteiger charge is 2.27. The maximum atomic E-state index is 11.5. The monoisotopic (exact) mass is 217 g/mol. The summed E-state index contributed by atoms with van der Waals surface area (Å²) in [6, 6.07) is 0. The van der Waals surface area contributed by atoms with E-state index < -0.39 is 0 Å². The number of hydrogen-bond acceptors (Lipinski definition) is 4. The SMILES string of the molecule is CC1CCC(C(=O)NCCOCCO)O1. The van der Waals surface area contributed by atoms with Crippen LogP contribution in [-0.4, -0.2) is 49.6 Å². The molecule has 0 aromatic heterocycles. The van der Waals surface area contributed by atoms with Gasteiger partial charge in [-0.2, -0.15) is 0 Å². The van der Waals surface area contributed by atoms with E-state index in [-0.39, 0.29) is 24.7 Å². The third-order valence-corrected chi connectivity index (χ3v) is 2.31. The molecule has 0 aliphatic carbocycles. The van der Waals surface area contributed by atoms with Crippen molar-refractivity contribution in [3.8, 4) is 0 Å². The Balaban J connectivity index is 2.03. The van der Waals surface area contributed by atoms with Crippen molar-refractivity contribution in [3.05, 3.63) is 0 Å². The topological polar surface area (TPSA) is 67.8 Å². The molecule has 0 saturated carbocycles. The van der Waals surface area contributed by atoms with Gasteiger partial charge in [0.2, 0.25) is 5.91 Å². The first-order valence-electron chi connectivity index (χ1n) is 5.36. The summed E-state index contributed by atoms with van der Waals surface area (Å²) in [6.45, 7) is 3.18. The molecule has 1 aliphatic heterocycles. The van der Waals surface area contributed by atoms with E-state index in [1.54, 1.807) is 0 Å². The molecule has 2 atom stereocenters. The predicted molar refractivity (Wildman–Crippen MR) is 54.5 cm³/mol. The van der Waals surface area contributed by atoms with Crippen molar-refractivity contribution in [1.82, 2.24) is 5.32 Å². The molecule has 1 rings (SSSR count). The number of aliphatic hydroxyl groups excluding tert-OH is 1. The lowest BCUT2D eigenvalue weighted by molar-refractivity contribution is -0.131. The minimum absolute atomic E-state index is 0.0111. The standard InChI is InChI=1S/C10H19NO4/c1-8-2-3-9(15-8)10(13)11-4-6-14-7-5-12/h8-9,12H,2-7H2,1H3,(H,11,13). The third-order valence-electron chi connectivity index (χ3n) is 2.31. The maximum Gasteiger partial charge on any atom is 0.249 e. The van der Waals surface area contributed by atoms with E-state index >= 15 is 0 Å². The Bertz CT molecular complexity index is 198. The van der Waals surface area contributed by atoms with E-state index in [4.69, 9.17) is 14.6 Å². The van der Waals surface area contributed by atoms with Gasteiger partial charge in [0.05, 0.1) is 25.9 Å². The summed E-state index contributed by atoms with van der Waals surface area (Å²) < 4.78 is 10.4. The van der Waals surface area contributed by atoms with Crippen LogP contribution in [0.15, 0.2) is 0 Å². The maximum absolute atomic E-state index is 11.5. The van der Waals surface area contributed by atoms with Crippen LogP contribution in [0.2, 0.25) is 0 Å². The fraction of sp³-hybridized carbons (Fsp3) is 0.900. The third kappa shape index (κ3) is 4.59. The molecule has 0 bridgehead atoms. The van der Waals surface area contributed by atoms with Gasteiger partial charge in [-0.1, -0.05) is 0 Å². The molecule has 5 heteroatoms. The van der Waals surface area contributed by atoms with Gasteiger partial charge in [-0.3, -0.25) is 4.79 Å². The molecule has 1 fully saturated rings. The molecule has 88 valence electrons. The first-order chi connectivity index (χ1) is 7.24. The summed E-state index contributed by atoms with van der Waals surface area (Å²) in [7, 11) is 0. The average molecular weight is 217 g/mol. The fourth-order valence-electron chi connectivity index (χ4n) is 1.52. The molecule has 1 amide bonds. The van der Waals surface area contributed by atoms with Gasteiger partial charge in [0, 0.05) is 6.54 Å². The van der Waals surface area contributed by atoms with Crippen molar-refractivity contribution in [3.63, 3.8) is 0 Å². The summed E-state index contributed by atoms with van der Waals surface area (Å²) in [5, 5.41) is 11.2. The molecule has 15 heavy (non-hydrogen) atoms. The molecular weight excluding hydrogens is 198 g/mol. The van der Waals surface area contributed by atoms with Crippen LogP contribution in [0.1, 0.15) is 19.8 Å². The van der Waals surface area contributed by atoms with Gasteiger partial charge in [0.25, 0.3) is 0 Å². The Morgan fingerprint density at radius 3 is 2.93 bits per heavy atom. The van der Waals surface area contributed by atoms with E-state index in [1.165, 1.54) is 0 Å². The van der Waals surface area contributed by atoms with Gasteiger partial charge < -0.3 is 19.9 Å². The van der Waals surface area contributed by atoms with Crippen LogP contribution in [0.4, 0.5) is 0 Å². The van der Waals surface area contributed by atoms with Crippen LogP contribution in [0.25, 0.3) is 0 Å². The Labute approximate surface area is 89.8 Å². The molecule has 0 spiro atoms. The number of nitrogens with one attached hydrogen (secondary N) is 1. The van der Waals surface area contributed by atoms with Crippen molar-refractivity contribution in [1.29, 1.82) is 0 Å². The molecule has 2 N–H and O–H groups in total. The van der Waals surface area contributed by atoms with Gasteiger partial charge in [-0.15, -0.1) is 0 Å². The lowest BCUT2D eigenvalue weighted by Crippen LogP contribution is -2.36. The van der Waals surface area contributed by atoms with E-state index in [9.17, 15) is 4.79 Å². The number of aliphatic hydroxyl groups is 1. The van der Waals surface area contributed by atoms with Crippen LogP contribution in [-0.2, 0) is 14.3 Å². The van der Waals surface area contributed by atoms with E-state index in [2.05, 4.69) is 5.32 Å². The van der Waals surface area contributed by atoms with Crippen LogP contribution >= 0.6 is 0 Å². The van der Waals surface area contributed by atoms with Crippen molar-refractivity contribution in [2.75, 3.05) is 26.4 Å². The summed E-state index contributed by atoms with van der Waals surface area (Å²) in [6.07, 6.45) is 1.63. The number of ether oxygens (including phenoxy) is 2. The summed E-state index contributed by atoms with van der Waals surface area (Å²) in [5.74, 6) is -0.0630. The largest absolute Gasteiger partial charge is 0.394 e. The lowest BCUT2D eigenvalue weighted by Gasteiger charge is -2.11. The van der Waals surface area contributed by atoms with Gasteiger partial charge in [0.1, 0.15) is 6.10 Å². The molecule has 5 nitrogen and oxygen atoms in total. The quantitative estimate of drug-likeness (QED) is 0.598. The van der Waals surface area contributed by atoms with Crippen LogP contribution in [0.3, 0.4) is 0 Å². The molecule has 1 heterocycles. The molecule has 1 saturated heterocycles. The predicted octanol–water partition coefficient (Wildman–Crippen LogP) is -0.321. The molecule has 0 aromatic carbocycles. The molecule has 0 radical (unpaired) electrons. The number of carbonyl (C=O) groups is 1. The molecule has 2 unspecified atom stereocenters. The van der Waals surface area contributed by atoms with Crippen molar-refractivity contribution in [2.24, 2.45) is 0 Å². The van der Waals surface area contributed by atoms with Crippen molar-refractivity contribution < 1.29 is 19.4 Å². The average Bonchev–Trinajstić information content (AvgIpc) is 2.64. The Hall–Kier alpha value is -0.650. The minimum Gasteiger partial charge on any atom is -0.394 e.